The molecule has 148 heavy (non-hydrogen) atoms. The molecule has 27 heteroatoms. The van der Waals surface area contributed by atoms with Crippen molar-refractivity contribution in [2.75, 3.05) is 33.0 Å². The molecule has 20 atom stereocenters. The number of esters is 5. The van der Waals surface area contributed by atoms with E-state index in [1.807, 2.05) is 194 Å². The number of ether oxygens (including phenoxy) is 18. The Hall–Kier alpha value is -13.0. The van der Waals surface area contributed by atoms with Crippen LogP contribution in [0.25, 0.3) is 0 Å². The predicted octanol–water partition coefficient (Wildman–Crippen LogP) is 17.7. The normalized spacial score (nSPS) is 24.4. The molecule has 13 aromatic rings. The van der Waals surface area contributed by atoms with Gasteiger partial charge in [0.1, 0.15) is 61.0 Å². The summed E-state index contributed by atoms with van der Waals surface area (Å²) < 4.78 is 142. The molecular weight excluding hydrogens is 1910 g/mol. The Morgan fingerprint density at radius 1 is 0.223 bits per heavy atom. The van der Waals surface area contributed by atoms with Crippen molar-refractivity contribution in [3.63, 3.8) is 0 Å². The summed E-state index contributed by atoms with van der Waals surface area (Å²) in [5, 5.41) is 3.09. The van der Waals surface area contributed by atoms with Crippen LogP contribution in [0.1, 0.15) is 123 Å². The van der Waals surface area contributed by atoms with Gasteiger partial charge in [-0.1, -0.05) is 375 Å². The molecule has 5 heterocycles. The lowest BCUT2D eigenvalue weighted by molar-refractivity contribution is -0.237. The fourth-order valence-corrected chi connectivity index (χ4v) is 29.2. The maximum Gasteiger partial charge on any atom is 0.338 e. The summed E-state index contributed by atoms with van der Waals surface area (Å²) in [6.45, 7) is 13.4. The van der Waals surface area contributed by atoms with Gasteiger partial charge >= 0.3 is 29.8 Å². The van der Waals surface area contributed by atoms with Crippen LogP contribution < -0.4 is 20.7 Å². The topological polar surface area (TPSA) is 270 Å². The largest absolute Gasteiger partial charge is 0.453 e. The average molecular weight is 2030 g/mol. The van der Waals surface area contributed by atoms with Crippen LogP contribution >= 0.6 is 0 Å². The molecule has 0 spiro atoms. The van der Waals surface area contributed by atoms with E-state index >= 15 is 9.59 Å². The first-order valence-corrected chi connectivity index (χ1v) is 54.1. The van der Waals surface area contributed by atoms with Gasteiger partial charge in [0, 0.05) is 0 Å². The van der Waals surface area contributed by atoms with Gasteiger partial charge in [0.2, 0.25) is 0 Å². The predicted molar refractivity (Wildman–Crippen MR) is 557 cm³/mol. The van der Waals surface area contributed by atoms with E-state index in [0.29, 0.717) is 0 Å². The van der Waals surface area contributed by atoms with Crippen LogP contribution in [0.3, 0.4) is 0 Å². The van der Waals surface area contributed by atoms with Crippen LogP contribution in [0.15, 0.2) is 394 Å². The van der Waals surface area contributed by atoms with Crippen molar-refractivity contribution in [1.82, 2.24) is 0 Å². The number of hydrogen-bond donors (Lipinski definition) is 0. The molecule has 0 N–H and O–H groups in total. The third kappa shape index (κ3) is 25.1. The van der Waals surface area contributed by atoms with Crippen LogP contribution in [-0.2, 0) is 121 Å². The lowest BCUT2D eigenvalue weighted by Gasteiger charge is -2.43. The average Bonchev–Trinajstić information content (AvgIpc) is 0.751. The fourth-order valence-electron chi connectivity index (χ4n) is 20.1. The van der Waals surface area contributed by atoms with Crippen molar-refractivity contribution in [3.05, 3.63) is 444 Å². The van der Waals surface area contributed by atoms with Gasteiger partial charge < -0.3 is 94.1 Å². The second-order valence-electron chi connectivity index (χ2n) is 39.3. The zero-order valence-electron chi connectivity index (χ0n) is 83.6. The molecule has 0 amide bonds. The van der Waals surface area contributed by atoms with Crippen molar-refractivity contribution in [1.29, 1.82) is 0 Å². The minimum Gasteiger partial charge on any atom is -0.453 e. The molecule has 5 saturated heterocycles. The first kappa shape index (κ1) is 105. The molecule has 13 aromatic carbocycles. The van der Waals surface area contributed by atoms with Crippen LogP contribution in [0.5, 0.6) is 0 Å². The SMILES string of the molecule is CC1OC(COC2OC(COC3OC(CO[Si](c4ccccc4)(c4ccccc4)C(C)(C)C)C(OCc4ccccc4)C3OC(=O)c3ccccc3)C(OCc3ccccc3)C2OC(=O)c2ccccc2)C(OC2OC(COC3OC(CO[Si](c4ccccc4)(c4ccccc4)C(C)(C)C)C(OCc4ccccc4)C3OC(=O)c3ccccc3)C(OCc3ccccc3)C2OC(=O)c2ccccc2)C1OC(=O)c1ccccc1. The van der Waals surface area contributed by atoms with Gasteiger partial charge in [-0.05, 0) is 121 Å². The van der Waals surface area contributed by atoms with E-state index in [-0.39, 0.29) is 67.5 Å². The lowest BCUT2D eigenvalue weighted by Crippen LogP contribution is -2.67. The van der Waals surface area contributed by atoms with E-state index in [2.05, 4.69) is 90.1 Å². The number of hydrogen-bond acceptors (Lipinski definition) is 25. The van der Waals surface area contributed by atoms with Crippen molar-refractivity contribution in [3.8, 4) is 0 Å². The first-order chi connectivity index (χ1) is 72.1. The third-order valence-electron chi connectivity index (χ3n) is 27.3. The Bertz CT molecular complexity index is 6270. The first-order valence-electron chi connectivity index (χ1n) is 50.3. The molecule has 0 bridgehead atoms. The Balaban J connectivity index is 0.695. The highest BCUT2D eigenvalue weighted by atomic mass is 28.4. The molecule has 0 saturated carbocycles. The molecular formula is C121H124O25Si2. The summed E-state index contributed by atoms with van der Waals surface area (Å²) in [7, 11) is -6.68. The third-order valence-corrected chi connectivity index (χ3v) is 37.4. The maximum absolute atomic E-state index is 15.2. The standard InChI is InChI=1S/C121H124O25Si2/c1-82-101(141-111(122)87-55-29-12-30-56-87)106(146-119-110(145-115(126)91-63-37-16-38-64-91)103(128-74-84-49-23-9-24-50-84)97(140-119)78-132-118-109(144-114(125)90-61-35-15-36-62-90)105(130-76-86-53-27-11-28-54-86)100(139-118)81-135-148(121(5,6)7,94-69-43-19-44-70-94)95-71-45-20-46-72-95)98(136-82)79-133-116-107(142-112(123)88-57-31-13-32-58-88)102(127-73-83-47-21-8-22-48-83)96(137-116)77-131-117-108(143-113(124)89-59-33-14-34-60-89)104(129-75-85-51-25-10-26-52-85)99(138-117)80-134-147(120(2,3)4,92-65-39-17-40-66-92)93-67-41-18-42-68-93/h8-72,82,96-110,116-119H,73-81H2,1-7H3. The maximum atomic E-state index is 15.2. The highest BCUT2D eigenvalue weighted by molar-refractivity contribution is 7.00. The quantitative estimate of drug-likeness (QED) is 0.0195. The van der Waals surface area contributed by atoms with Crippen LogP contribution in [-0.4, -0.2) is 202 Å². The van der Waals surface area contributed by atoms with Crippen LogP contribution in [0, 0.1) is 0 Å². The summed E-state index contributed by atoms with van der Waals surface area (Å²) in [4.78, 5) is 75.2. The lowest BCUT2D eigenvalue weighted by atomic mass is 10.1. The summed E-state index contributed by atoms with van der Waals surface area (Å²) in [5.74, 6) is -3.66. The number of rotatable bonds is 43. The van der Waals surface area contributed by atoms with Crippen LogP contribution in [0.2, 0.25) is 10.1 Å². The molecule has 5 aliphatic rings. The summed E-state index contributed by atoms with van der Waals surface area (Å²) in [6, 6.07) is 121. The van der Waals surface area contributed by atoms with E-state index in [1.165, 1.54) is 0 Å². The Kier molecular flexibility index (Phi) is 35.1. The van der Waals surface area contributed by atoms with Crippen molar-refractivity contribution >= 4 is 67.2 Å². The second-order valence-corrected chi connectivity index (χ2v) is 47.9. The van der Waals surface area contributed by atoms with E-state index in [4.69, 9.17) is 94.1 Å². The van der Waals surface area contributed by atoms with Gasteiger partial charge in [-0.25, -0.2) is 24.0 Å². The minimum atomic E-state index is -3.34. The molecule has 25 nitrogen and oxygen atoms in total. The van der Waals surface area contributed by atoms with E-state index in [9.17, 15) is 14.4 Å². The van der Waals surface area contributed by atoms with Gasteiger partial charge in [-0.15, -0.1) is 0 Å². The fraction of sp³-hybridized carbons (Fsp3) is 0.314. The second kappa shape index (κ2) is 49.5. The highest BCUT2D eigenvalue weighted by Crippen LogP contribution is 2.44. The number of carbonyl (C=O) groups is 5. The van der Waals surface area contributed by atoms with Crippen LogP contribution in [0.4, 0.5) is 0 Å². The van der Waals surface area contributed by atoms with Crippen molar-refractivity contribution in [2.24, 2.45) is 0 Å². The van der Waals surface area contributed by atoms with Gasteiger partial charge in [-0.2, -0.15) is 0 Å². The molecule has 0 aromatic heterocycles. The zero-order chi connectivity index (χ0) is 102. The monoisotopic (exact) mass is 2030 g/mol. The number of benzene rings is 13. The minimum absolute atomic E-state index is 0.0437. The Morgan fingerprint density at radius 3 is 0.655 bits per heavy atom. The Labute approximate surface area is 865 Å². The van der Waals surface area contributed by atoms with Gasteiger partial charge in [0.25, 0.3) is 16.6 Å². The molecule has 766 valence electrons. The smallest absolute Gasteiger partial charge is 0.338 e. The summed E-state index contributed by atoms with van der Waals surface area (Å²) in [5.41, 5.74) is 4.22. The van der Waals surface area contributed by atoms with E-state index in [0.717, 1.165) is 43.0 Å². The summed E-state index contributed by atoms with van der Waals surface area (Å²) in [6.07, 6.45) is -25.7. The molecule has 20 unspecified atom stereocenters. The van der Waals surface area contributed by atoms with Gasteiger partial charge in [-0.3, -0.25) is 0 Å². The van der Waals surface area contributed by atoms with Crippen molar-refractivity contribution in [2.45, 2.75) is 208 Å². The van der Waals surface area contributed by atoms with E-state index < -0.39 is 199 Å². The molecule has 5 aliphatic heterocycles. The number of carbonyl (C=O) groups excluding carboxylic acids is 5. The summed E-state index contributed by atoms with van der Waals surface area (Å²) >= 11 is 0. The molecule has 0 aliphatic carbocycles. The molecule has 0 radical (unpaired) electrons. The highest BCUT2D eigenvalue weighted by Gasteiger charge is 2.61. The van der Waals surface area contributed by atoms with Gasteiger partial charge in [0.15, 0.2) is 55.7 Å². The molecule has 5 fully saturated rings. The van der Waals surface area contributed by atoms with Gasteiger partial charge in [0.05, 0.1) is 93.4 Å². The van der Waals surface area contributed by atoms with Crippen molar-refractivity contribution < 1.29 is 118 Å². The Morgan fingerprint density at radius 2 is 0.419 bits per heavy atom. The molecule has 18 rings (SSSR count). The van der Waals surface area contributed by atoms with E-state index in [1.54, 1.807) is 159 Å². The zero-order valence-corrected chi connectivity index (χ0v) is 85.6.